The van der Waals surface area contributed by atoms with Crippen molar-refractivity contribution in [3.8, 4) is 0 Å². The summed E-state index contributed by atoms with van der Waals surface area (Å²) in [6, 6.07) is 0. The third-order valence-electron chi connectivity index (χ3n) is 4.44. The standard InChI is InChI=1S/C18H18O/c19-17-11-5-10-16-14-7-2-1-6-12(14)13-8-3-4-9-15(13)18(16)17/h6-10,19H,1-5,11H2. The highest BCUT2D eigenvalue weighted by molar-refractivity contribution is 5.53. The summed E-state index contributed by atoms with van der Waals surface area (Å²) in [7, 11) is 0. The number of rotatable bonds is 0. The van der Waals surface area contributed by atoms with Crippen LogP contribution < -0.4 is 31.3 Å². The van der Waals surface area contributed by atoms with Crippen molar-refractivity contribution < 1.29 is 5.11 Å². The second-order valence-electron chi connectivity index (χ2n) is 5.60. The fraction of sp³-hybridized carbons (Fsp3) is 0.333. The highest BCUT2D eigenvalue weighted by atomic mass is 16.3. The summed E-state index contributed by atoms with van der Waals surface area (Å²) in [4.78, 5) is 0. The van der Waals surface area contributed by atoms with Gasteiger partial charge in [0.2, 0.25) is 0 Å². The molecule has 1 heteroatoms. The Morgan fingerprint density at radius 3 is 1.58 bits per heavy atom. The van der Waals surface area contributed by atoms with E-state index in [4.69, 9.17) is 0 Å². The van der Waals surface area contributed by atoms with E-state index in [-0.39, 0.29) is 0 Å². The number of hydrogen-bond donors (Lipinski definition) is 1. The van der Waals surface area contributed by atoms with Crippen LogP contribution in [0.3, 0.4) is 0 Å². The maximum absolute atomic E-state index is 10.4. The van der Waals surface area contributed by atoms with Crippen LogP contribution in [0.15, 0.2) is 0 Å². The minimum Gasteiger partial charge on any atom is -0.512 e. The van der Waals surface area contributed by atoms with Gasteiger partial charge >= 0.3 is 0 Å². The molecule has 0 bridgehead atoms. The first-order chi connectivity index (χ1) is 9.36. The van der Waals surface area contributed by atoms with Crippen molar-refractivity contribution in [3.63, 3.8) is 0 Å². The molecule has 0 saturated heterocycles. The molecule has 1 N–H and O–H groups in total. The van der Waals surface area contributed by atoms with Gasteiger partial charge in [-0.3, -0.25) is 0 Å². The van der Waals surface area contributed by atoms with Gasteiger partial charge in [0.1, 0.15) is 5.76 Å². The first-order valence-electron chi connectivity index (χ1n) is 7.31. The predicted molar refractivity (Wildman–Crippen MR) is 80.3 cm³/mol. The molecule has 0 spiro atoms. The van der Waals surface area contributed by atoms with E-state index in [0.717, 1.165) is 43.7 Å². The van der Waals surface area contributed by atoms with Crippen molar-refractivity contribution in [2.75, 3.05) is 0 Å². The van der Waals surface area contributed by atoms with Gasteiger partial charge in [0, 0.05) is 11.6 Å². The topological polar surface area (TPSA) is 20.2 Å². The zero-order valence-electron chi connectivity index (χ0n) is 11.1. The van der Waals surface area contributed by atoms with Gasteiger partial charge in [0.15, 0.2) is 0 Å². The van der Waals surface area contributed by atoms with Gasteiger partial charge in [-0.2, -0.15) is 0 Å². The summed E-state index contributed by atoms with van der Waals surface area (Å²) in [5.41, 5.74) is 0. The summed E-state index contributed by atoms with van der Waals surface area (Å²) in [6.45, 7) is 0. The van der Waals surface area contributed by atoms with Gasteiger partial charge in [-0.15, -0.1) is 0 Å². The molecule has 19 heavy (non-hydrogen) atoms. The van der Waals surface area contributed by atoms with E-state index in [0.29, 0.717) is 5.76 Å². The average Bonchev–Trinajstić information content (AvgIpc) is 2.47. The normalized spacial score (nSPS) is 19.5. The Morgan fingerprint density at radius 2 is 1.00 bits per heavy atom. The molecule has 4 rings (SSSR count). The van der Waals surface area contributed by atoms with Gasteiger partial charge < -0.3 is 5.11 Å². The van der Waals surface area contributed by atoms with E-state index in [1.165, 1.54) is 26.1 Å². The van der Waals surface area contributed by atoms with Crippen molar-refractivity contribution in [3.05, 3.63) is 31.3 Å². The Kier molecular flexibility index (Phi) is 2.41. The Morgan fingerprint density at radius 1 is 0.579 bits per heavy atom. The molecule has 0 saturated carbocycles. The second-order valence-corrected chi connectivity index (χ2v) is 5.60. The molecule has 0 fully saturated rings. The van der Waals surface area contributed by atoms with E-state index >= 15 is 0 Å². The van der Waals surface area contributed by atoms with Crippen LogP contribution in [0.5, 0.6) is 0 Å². The van der Waals surface area contributed by atoms with Crippen molar-refractivity contribution in [1.82, 2.24) is 0 Å². The quantitative estimate of drug-likeness (QED) is 0.666. The minimum absolute atomic E-state index is 0.585. The lowest BCUT2D eigenvalue weighted by molar-refractivity contribution is 0.477. The van der Waals surface area contributed by atoms with Gasteiger partial charge in [0.05, 0.1) is 0 Å². The second kappa shape index (κ2) is 4.12. The van der Waals surface area contributed by atoms with Crippen molar-refractivity contribution in [2.45, 2.75) is 38.5 Å². The summed E-state index contributed by atoms with van der Waals surface area (Å²) in [6.07, 6.45) is 17.9. The molecule has 1 aromatic rings. The zero-order valence-corrected chi connectivity index (χ0v) is 11.1. The van der Waals surface area contributed by atoms with Crippen molar-refractivity contribution in [1.29, 1.82) is 0 Å². The first kappa shape index (κ1) is 11.1. The molecule has 0 aliphatic heterocycles. The zero-order chi connectivity index (χ0) is 12.8. The Labute approximate surface area is 111 Å². The molecular formula is C18H18O. The summed E-state index contributed by atoms with van der Waals surface area (Å²) in [5, 5.41) is 18.1. The number of hydrogen-bond acceptors (Lipinski definition) is 1. The molecule has 0 aromatic heterocycles. The van der Waals surface area contributed by atoms with Crippen LogP contribution in [-0.2, 0) is 0 Å². The molecule has 96 valence electrons. The predicted octanol–water partition coefficient (Wildman–Crippen LogP) is -0.363. The molecule has 3 aliphatic carbocycles. The van der Waals surface area contributed by atoms with Gasteiger partial charge in [-0.1, -0.05) is 30.4 Å². The Balaban J connectivity index is 2.48. The smallest absolute Gasteiger partial charge is 0.101 e. The largest absolute Gasteiger partial charge is 0.512 e. The molecule has 0 amide bonds. The Bertz CT molecular complexity index is 859. The minimum atomic E-state index is 0.585. The van der Waals surface area contributed by atoms with E-state index < -0.39 is 0 Å². The number of aliphatic hydroxyl groups excluding tert-OH is 1. The molecule has 0 radical (unpaired) electrons. The van der Waals surface area contributed by atoms with E-state index in [1.807, 2.05) is 0 Å². The fourth-order valence-corrected chi connectivity index (χ4v) is 3.63. The van der Waals surface area contributed by atoms with Gasteiger partial charge in [-0.05, 0) is 58.2 Å². The third-order valence-corrected chi connectivity index (χ3v) is 4.44. The average molecular weight is 250 g/mol. The summed E-state index contributed by atoms with van der Waals surface area (Å²) in [5.74, 6) is 0.585. The van der Waals surface area contributed by atoms with Crippen LogP contribution in [0.1, 0.15) is 38.5 Å². The summed E-state index contributed by atoms with van der Waals surface area (Å²) >= 11 is 0. The maximum atomic E-state index is 10.4. The monoisotopic (exact) mass is 250 g/mol. The highest BCUT2D eigenvalue weighted by Gasteiger charge is 2.10. The first-order valence-corrected chi connectivity index (χ1v) is 7.31. The van der Waals surface area contributed by atoms with Crippen LogP contribution in [0.25, 0.3) is 36.1 Å². The van der Waals surface area contributed by atoms with Crippen molar-refractivity contribution in [2.24, 2.45) is 0 Å². The van der Waals surface area contributed by atoms with Gasteiger partial charge in [0.25, 0.3) is 0 Å². The van der Waals surface area contributed by atoms with Crippen LogP contribution in [0, 0.1) is 0 Å². The van der Waals surface area contributed by atoms with Gasteiger partial charge in [-0.25, -0.2) is 0 Å². The maximum Gasteiger partial charge on any atom is 0.101 e. The lowest BCUT2D eigenvalue weighted by atomic mass is 9.93. The molecule has 0 unspecified atom stereocenters. The van der Waals surface area contributed by atoms with Crippen LogP contribution in [0.2, 0.25) is 0 Å². The van der Waals surface area contributed by atoms with Crippen molar-refractivity contribution >= 4 is 36.1 Å². The SMILES string of the molecule is OC1=c2c3c(c4c(c2=CCC1)=CCCC=4)=CCCC=3. The lowest BCUT2D eigenvalue weighted by Gasteiger charge is -2.12. The number of aliphatic hydroxyl groups is 1. The van der Waals surface area contributed by atoms with E-state index in [1.54, 1.807) is 0 Å². The number of fused-ring (bicyclic) bond motifs is 6. The van der Waals surface area contributed by atoms with E-state index in [2.05, 4.69) is 30.4 Å². The van der Waals surface area contributed by atoms with Crippen LogP contribution in [0.4, 0.5) is 0 Å². The molecule has 1 nitrogen and oxygen atoms in total. The Hall–Kier alpha value is -1.76. The molecular weight excluding hydrogens is 232 g/mol. The highest BCUT2D eigenvalue weighted by Crippen LogP contribution is 2.02. The molecule has 0 heterocycles. The molecule has 3 aliphatic rings. The summed E-state index contributed by atoms with van der Waals surface area (Å²) < 4.78 is 0. The van der Waals surface area contributed by atoms with Crippen LogP contribution in [-0.4, -0.2) is 5.11 Å². The van der Waals surface area contributed by atoms with Crippen LogP contribution >= 0.6 is 0 Å². The fourth-order valence-electron chi connectivity index (χ4n) is 3.63. The lowest BCUT2D eigenvalue weighted by Crippen LogP contribution is -2.67. The van der Waals surface area contributed by atoms with E-state index in [9.17, 15) is 5.11 Å². The molecule has 1 aromatic carbocycles. The number of benzene rings is 1. The third kappa shape index (κ3) is 1.54. The molecule has 0 atom stereocenters.